The van der Waals surface area contributed by atoms with Crippen LogP contribution in [0.4, 0.5) is 5.69 Å². The monoisotopic (exact) mass is 324 g/mol. The normalized spacial score (nSPS) is 11.5. The number of anilines is 1. The summed E-state index contributed by atoms with van der Waals surface area (Å²) in [6.45, 7) is 3.88. The van der Waals surface area contributed by atoms with Gasteiger partial charge >= 0.3 is 0 Å². The molecule has 0 radical (unpaired) electrons. The Labute approximate surface area is 139 Å². The second-order valence-corrected chi connectivity index (χ2v) is 5.50. The molecule has 0 saturated carbocycles. The van der Waals surface area contributed by atoms with E-state index in [0.29, 0.717) is 22.3 Å². The molecule has 0 aliphatic heterocycles. The van der Waals surface area contributed by atoms with E-state index in [1.165, 1.54) is 5.56 Å². The molecule has 0 aliphatic carbocycles. The highest BCUT2D eigenvalue weighted by atomic mass is 32.1. The van der Waals surface area contributed by atoms with Crippen LogP contribution in [-0.2, 0) is 0 Å². The van der Waals surface area contributed by atoms with Gasteiger partial charge in [0.05, 0.1) is 5.52 Å². The number of hydrogen-bond donors (Lipinski definition) is 3. The number of benzene rings is 1. The molecule has 2 aromatic heterocycles. The average molecular weight is 324 g/mol. The molecule has 0 saturated heterocycles. The quantitative estimate of drug-likeness (QED) is 0.392. The molecule has 0 bridgehead atoms. The van der Waals surface area contributed by atoms with E-state index in [-0.39, 0.29) is 0 Å². The molecule has 116 valence electrons. The second-order valence-electron chi connectivity index (χ2n) is 5.09. The fourth-order valence-corrected chi connectivity index (χ4v) is 2.16. The molecule has 3 N–H and O–H groups in total. The third kappa shape index (κ3) is 3.70. The molecule has 7 heteroatoms. The van der Waals surface area contributed by atoms with Crippen molar-refractivity contribution in [3.63, 3.8) is 0 Å². The molecular formula is C16H16N6S. The number of hydrogen-bond acceptors (Lipinski definition) is 4. The van der Waals surface area contributed by atoms with Crippen molar-refractivity contribution in [1.82, 2.24) is 20.4 Å². The number of nitrogens with zero attached hydrogens (tertiary/aromatic N) is 3. The smallest absolute Gasteiger partial charge is 0.191 e. The van der Waals surface area contributed by atoms with Gasteiger partial charge in [-0.2, -0.15) is 5.10 Å². The summed E-state index contributed by atoms with van der Waals surface area (Å²) in [5, 5.41) is 7.74. The van der Waals surface area contributed by atoms with Crippen LogP contribution in [0.15, 0.2) is 47.7 Å². The highest BCUT2D eigenvalue weighted by Crippen LogP contribution is 2.09. The highest BCUT2D eigenvalue weighted by molar-refractivity contribution is 7.80. The van der Waals surface area contributed by atoms with Crippen molar-refractivity contribution in [3.05, 3.63) is 54.0 Å². The van der Waals surface area contributed by atoms with E-state index in [0.717, 1.165) is 11.2 Å². The second kappa shape index (κ2) is 6.53. The maximum atomic E-state index is 5.23. The Balaban J connectivity index is 1.66. The van der Waals surface area contributed by atoms with Crippen LogP contribution in [0.25, 0.3) is 11.2 Å². The molecule has 0 atom stereocenters. The first kappa shape index (κ1) is 15.1. The Kier molecular flexibility index (Phi) is 4.29. The SMILES string of the molecule is C/C(=N/NC(=S)Nc1ccc(C)cc1)c1nc2ncccc2[nH]1. The van der Waals surface area contributed by atoms with Crippen LogP contribution in [0.5, 0.6) is 0 Å². The summed E-state index contributed by atoms with van der Waals surface area (Å²) in [6.07, 6.45) is 1.71. The maximum absolute atomic E-state index is 5.23. The van der Waals surface area contributed by atoms with Gasteiger partial charge in [-0.3, -0.25) is 5.43 Å². The summed E-state index contributed by atoms with van der Waals surface area (Å²) in [7, 11) is 0. The Morgan fingerprint density at radius 3 is 2.74 bits per heavy atom. The number of imidazole rings is 1. The van der Waals surface area contributed by atoms with Crippen LogP contribution < -0.4 is 10.7 Å². The predicted molar refractivity (Wildman–Crippen MR) is 96.6 cm³/mol. The molecule has 0 unspecified atom stereocenters. The van der Waals surface area contributed by atoms with Crippen molar-refractivity contribution in [2.24, 2.45) is 5.10 Å². The molecule has 6 nitrogen and oxygen atoms in total. The van der Waals surface area contributed by atoms with E-state index in [4.69, 9.17) is 12.2 Å². The van der Waals surface area contributed by atoms with Crippen molar-refractivity contribution in [2.45, 2.75) is 13.8 Å². The number of nitrogens with one attached hydrogen (secondary N) is 3. The summed E-state index contributed by atoms with van der Waals surface area (Å²) in [4.78, 5) is 11.7. The number of hydrazone groups is 1. The summed E-state index contributed by atoms with van der Waals surface area (Å²) < 4.78 is 0. The molecule has 23 heavy (non-hydrogen) atoms. The number of thiocarbonyl (C=S) groups is 1. The number of aromatic nitrogens is 3. The molecule has 2 heterocycles. The average Bonchev–Trinajstić information content (AvgIpc) is 2.99. The molecule has 3 aromatic rings. The standard InChI is InChI=1S/C16H16N6S/c1-10-5-7-12(8-6-10)18-16(23)22-21-11(2)14-19-13-4-3-9-17-15(13)20-14/h3-9H,1-2H3,(H,17,19,20)(H2,18,22,23)/b21-11-. The first-order valence-electron chi connectivity index (χ1n) is 7.11. The Morgan fingerprint density at radius 1 is 1.22 bits per heavy atom. The zero-order valence-corrected chi connectivity index (χ0v) is 13.6. The Hall–Kier alpha value is -2.80. The lowest BCUT2D eigenvalue weighted by Gasteiger charge is -2.07. The lowest BCUT2D eigenvalue weighted by molar-refractivity contribution is 1.03. The van der Waals surface area contributed by atoms with Gasteiger partial charge in [0.1, 0.15) is 5.71 Å². The number of fused-ring (bicyclic) bond motifs is 1. The number of aryl methyl sites for hydroxylation is 1. The van der Waals surface area contributed by atoms with Gasteiger partial charge in [-0.15, -0.1) is 0 Å². The number of pyridine rings is 1. The maximum Gasteiger partial charge on any atom is 0.191 e. The van der Waals surface area contributed by atoms with Crippen LogP contribution in [0, 0.1) is 6.92 Å². The van der Waals surface area contributed by atoms with E-state index in [9.17, 15) is 0 Å². The van der Waals surface area contributed by atoms with Gasteiger partial charge in [0.15, 0.2) is 16.6 Å². The Bertz CT molecular complexity index is 833. The van der Waals surface area contributed by atoms with Gasteiger partial charge < -0.3 is 10.3 Å². The van der Waals surface area contributed by atoms with E-state index in [1.54, 1.807) is 6.20 Å². The minimum Gasteiger partial charge on any atom is -0.336 e. The van der Waals surface area contributed by atoms with Crippen molar-refractivity contribution in [3.8, 4) is 0 Å². The van der Waals surface area contributed by atoms with Crippen LogP contribution in [-0.4, -0.2) is 25.8 Å². The van der Waals surface area contributed by atoms with Gasteiger partial charge in [-0.1, -0.05) is 17.7 Å². The van der Waals surface area contributed by atoms with Crippen molar-refractivity contribution in [2.75, 3.05) is 5.32 Å². The van der Waals surface area contributed by atoms with E-state index in [2.05, 4.69) is 30.8 Å². The number of H-pyrrole nitrogens is 1. The molecule has 0 aliphatic rings. The summed E-state index contributed by atoms with van der Waals surface area (Å²) in [5.41, 5.74) is 7.15. The molecular weight excluding hydrogens is 308 g/mol. The van der Waals surface area contributed by atoms with Crippen LogP contribution in [0.1, 0.15) is 18.3 Å². The predicted octanol–water partition coefficient (Wildman–Crippen LogP) is 2.98. The highest BCUT2D eigenvalue weighted by Gasteiger charge is 2.06. The first-order chi connectivity index (χ1) is 11.1. The number of aromatic amines is 1. The third-order valence-corrected chi connectivity index (χ3v) is 3.43. The fraction of sp³-hybridized carbons (Fsp3) is 0.125. The summed E-state index contributed by atoms with van der Waals surface area (Å²) >= 11 is 5.23. The molecule has 1 aromatic carbocycles. The van der Waals surface area contributed by atoms with E-state index < -0.39 is 0 Å². The summed E-state index contributed by atoms with van der Waals surface area (Å²) in [6, 6.07) is 11.7. The van der Waals surface area contributed by atoms with Gasteiger partial charge in [-0.25, -0.2) is 9.97 Å². The van der Waals surface area contributed by atoms with Gasteiger partial charge in [0, 0.05) is 11.9 Å². The summed E-state index contributed by atoms with van der Waals surface area (Å²) in [5.74, 6) is 0.657. The van der Waals surface area contributed by atoms with E-state index >= 15 is 0 Å². The van der Waals surface area contributed by atoms with E-state index in [1.807, 2.05) is 50.2 Å². The van der Waals surface area contributed by atoms with Gasteiger partial charge in [0.2, 0.25) is 0 Å². The lowest BCUT2D eigenvalue weighted by atomic mass is 10.2. The minimum absolute atomic E-state index is 0.419. The van der Waals surface area contributed by atoms with Crippen LogP contribution >= 0.6 is 12.2 Å². The first-order valence-corrected chi connectivity index (χ1v) is 7.52. The van der Waals surface area contributed by atoms with Crippen LogP contribution in [0.2, 0.25) is 0 Å². The minimum atomic E-state index is 0.419. The van der Waals surface area contributed by atoms with Crippen molar-refractivity contribution in [1.29, 1.82) is 0 Å². The molecule has 0 amide bonds. The topological polar surface area (TPSA) is 78.0 Å². The third-order valence-electron chi connectivity index (χ3n) is 3.23. The molecule has 0 fully saturated rings. The fourth-order valence-electron chi connectivity index (χ4n) is 2.00. The Morgan fingerprint density at radius 2 is 2.00 bits per heavy atom. The number of rotatable bonds is 3. The van der Waals surface area contributed by atoms with Crippen molar-refractivity contribution >= 4 is 39.9 Å². The zero-order chi connectivity index (χ0) is 16.2. The largest absolute Gasteiger partial charge is 0.336 e. The lowest BCUT2D eigenvalue weighted by Crippen LogP contribution is -2.25. The van der Waals surface area contributed by atoms with Gasteiger partial charge in [0.25, 0.3) is 0 Å². The zero-order valence-electron chi connectivity index (χ0n) is 12.8. The van der Waals surface area contributed by atoms with Crippen molar-refractivity contribution < 1.29 is 0 Å². The molecule has 3 rings (SSSR count). The molecule has 0 spiro atoms. The van der Waals surface area contributed by atoms with Gasteiger partial charge in [-0.05, 0) is 50.3 Å². The van der Waals surface area contributed by atoms with Crippen LogP contribution in [0.3, 0.4) is 0 Å².